The van der Waals surface area contributed by atoms with Crippen LogP contribution in [0.15, 0.2) is 217 Å². The Morgan fingerprint density at radius 1 is 0.286 bits per heavy atom. The van der Waals surface area contributed by atoms with Gasteiger partial charge in [0.15, 0.2) is 0 Å². The lowest BCUT2D eigenvalue weighted by Crippen LogP contribution is -1.98. The third kappa shape index (κ3) is 5.34. The SMILES string of the molecule is c1ccc(-c2cc(-c3ccccc3)cc(-c3ccc(-n4c5ccccc5c5ccc(-c6cccc7c6oc6ccccc67)cc54)c(-c4ccccc4)c3)c2)cc1. The summed E-state index contributed by atoms with van der Waals surface area (Å²) in [6.07, 6.45) is 0. The number of hydrogen-bond acceptors (Lipinski definition) is 1. The molecule has 0 saturated heterocycles. The average molecular weight is 714 g/mol. The molecule has 0 fully saturated rings. The summed E-state index contributed by atoms with van der Waals surface area (Å²) in [5.41, 5.74) is 17.0. The highest BCUT2D eigenvalue weighted by atomic mass is 16.3. The van der Waals surface area contributed by atoms with Crippen LogP contribution in [0.5, 0.6) is 0 Å². The van der Waals surface area contributed by atoms with Gasteiger partial charge in [0.1, 0.15) is 11.2 Å². The Bertz CT molecular complexity index is 3170. The number of para-hydroxylation sites is 3. The molecule has 0 atom stereocenters. The first-order valence-corrected chi connectivity index (χ1v) is 19.2. The van der Waals surface area contributed by atoms with Gasteiger partial charge in [-0.15, -0.1) is 0 Å². The molecule has 0 amide bonds. The van der Waals surface area contributed by atoms with Crippen LogP contribution in [0.1, 0.15) is 0 Å². The molecular formula is C54H35NO. The van der Waals surface area contributed by atoms with Gasteiger partial charge in [0.2, 0.25) is 0 Å². The maximum Gasteiger partial charge on any atom is 0.143 e. The summed E-state index contributed by atoms with van der Waals surface area (Å²) in [5, 5.41) is 4.71. The van der Waals surface area contributed by atoms with Crippen molar-refractivity contribution in [2.75, 3.05) is 0 Å². The Kier molecular flexibility index (Phi) is 7.53. The summed E-state index contributed by atoms with van der Waals surface area (Å²) >= 11 is 0. The molecule has 11 aromatic rings. The molecule has 9 aromatic carbocycles. The average Bonchev–Trinajstić information content (AvgIpc) is 3.82. The van der Waals surface area contributed by atoms with Gasteiger partial charge in [-0.05, 0) is 93.0 Å². The fraction of sp³-hybridized carbons (Fsp3) is 0. The lowest BCUT2D eigenvalue weighted by atomic mass is 9.91. The summed E-state index contributed by atoms with van der Waals surface area (Å²) in [4.78, 5) is 0. The predicted octanol–water partition coefficient (Wildman–Crippen LogP) is 15.0. The third-order valence-electron chi connectivity index (χ3n) is 11.2. The fourth-order valence-electron chi connectivity index (χ4n) is 8.52. The normalized spacial score (nSPS) is 11.6. The van der Waals surface area contributed by atoms with E-state index in [0.29, 0.717) is 0 Å². The van der Waals surface area contributed by atoms with E-state index in [9.17, 15) is 0 Å². The second kappa shape index (κ2) is 13.2. The largest absolute Gasteiger partial charge is 0.455 e. The Morgan fingerprint density at radius 2 is 0.839 bits per heavy atom. The first kappa shape index (κ1) is 32.0. The van der Waals surface area contributed by atoms with Crippen molar-refractivity contribution in [3.8, 4) is 61.3 Å². The highest BCUT2D eigenvalue weighted by molar-refractivity contribution is 6.13. The second-order valence-electron chi connectivity index (χ2n) is 14.5. The van der Waals surface area contributed by atoms with Crippen LogP contribution in [0.25, 0.3) is 105 Å². The number of fused-ring (bicyclic) bond motifs is 6. The van der Waals surface area contributed by atoms with Crippen LogP contribution in [-0.2, 0) is 0 Å². The molecule has 56 heavy (non-hydrogen) atoms. The predicted molar refractivity (Wildman–Crippen MR) is 235 cm³/mol. The molecule has 0 unspecified atom stereocenters. The fourth-order valence-corrected chi connectivity index (χ4v) is 8.52. The van der Waals surface area contributed by atoms with Crippen molar-refractivity contribution in [1.29, 1.82) is 0 Å². The van der Waals surface area contributed by atoms with E-state index in [-0.39, 0.29) is 0 Å². The molecule has 0 radical (unpaired) electrons. The summed E-state index contributed by atoms with van der Waals surface area (Å²) < 4.78 is 8.98. The zero-order valence-corrected chi connectivity index (χ0v) is 30.6. The third-order valence-corrected chi connectivity index (χ3v) is 11.2. The van der Waals surface area contributed by atoms with Crippen molar-refractivity contribution in [2.45, 2.75) is 0 Å². The van der Waals surface area contributed by atoms with E-state index >= 15 is 0 Å². The van der Waals surface area contributed by atoms with E-state index in [1.807, 2.05) is 6.07 Å². The van der Waals surface area contributed by atoms with E-state index in [1.165, 1.54) is 60.8 Å². The first-order valence-electron chi connectivity index (χ1n) is 19.2. The van der Waals surface area contributed by atoms with Gasteiger partial charge in [0, 0.05) is 32.7 Å². The lowest BCUT2D eigenvalue weighted by molar-refractivity contribution is 0.670. The van der Waals surface area contributed by atoms with Crippen molar-refractivity contribution in [2.24, 2.45) is 0 Å². The van der Waals surface area contributed by atoms with Crippen molar-refractivity contribution < 1.29 is 4.42 Å². The van der Waals surface area contributed by atoms with Gasteiger partial charge in [0.05, 0.1) is 16.7 Å². The summed E-state index contributed by atoms with van der Waals surface area (Å²) in [7, 11) is 0. The number of hydrogen-bond donors (Lipinski definition) is 0. The Labute approximate surface area is 325 Å². The van der Waals surface area contributed by atoms with Gasteiger partial charge >= 0.3 is 0 Å². The van der Waals surface area contributed by atoms with E-state index in [1.54, 1.807) is 0 Å². The minimum absolute atomic E-state index is 0.905. The monoisotopic (exact) mass is 713 g/mol. The number of furan rings is 1. The zero-order valence-electron chi connectivity index (χ0n) is 30.6. The van der Waals surface area contributed by atoms with Gasteiger partial charge in [-0.2, -0.15) is 0 Å². The highest BCUT2D eigenvalue weighted by Gasteiger charge is 2.19. The topological polar surface area (TPSA) is 18.1 Å². The lowest BCUT2D eigenvalue weighted by Gasteiger charge is -2.17. The molecule has 2 heteroatoms. The molecular weight excluding hydrogens is 679 g/mol. The van der Waals surface area contributed by atoms with Crippen molar-refractivity contribution in [1.82, 2.24) is 4.57 Å². The van der Waals surface area contributed by atoms with E-state index in [2.05, 4.69) is 211 Å². The van der Waals surface area contributed by atoms with Crippen LogP contribution in [-0.4, -0.2) is 4.57 Å². The number of nitrogens with zero attached hydrogens (tertiary/aromatic N) is 1. The summed E-state index contributed by atoms with van der Waals surface area (Å²) in [6, 6.07) is 76.5. The highest BCUT2D eigenvalue weighted by Crippen LogP contribution is 2.42. The first-order chi connectivity index (χ1) is 27.8. The maximum absolute atomic E-state index is 6.52. The summed E-state index contributed by atoms with van der Waals surface area (Å²) in [5.74, 6) is 0. The van der Waals surface area contributed by atoms with E-state index in [4.69, 9.17) is 4.42 Å². The number of rotatable bonds is 6. The van der Waals surface area contributed by atoms with Crippen LogP contribution in [0.3, 0.4) is 0 Å². The second-order valence-corrected chi connectivity index (χ2v) is 14.5. The Morgan fingerprint density at radius 3 is 1.55 bits per heavy atom. The Balaban J connectivity index is 1.14. The van der Waals surface area contributed by atoms with Crippen LogP contribution in [0.2, 0.25) is 0 Å². The van der Waals surface area contributed by atoms with Crippen LogP contribution < -0.4 is 0 Å². The molecule has 11 rings (SSSR count). The van der Waals surface area contributed by atoms with Gasteiger partial charge in [-0.3, -0.25) is 0 Å². The van der Waals surface area contributed by atoms with Gasteiger partial charge < -0.3 is 8.98 Å². The van der Waals surface area contributed by atoms with Crippen LogP contribution >= 0.6 is 0 Å². The quantitative estimate of drug-likeness (QED) is 0.168. The molecule has 0 aliphatic carbocycles. The van der Waals surface area contributed by atoms with Crippen LogP contribution in [0.4, 0.5) is 0 Å². The van der Waals surface area contributed by atoms with E-state index in [0.717, 1.165) is 44.3 Å². The number of benzene rings is 9. The van der Waals surface area contributed by atoms with Gasteiger partial charge in [0.25, 0.3) is 0 Å². The smallest absolute Gasteiger partial charge is 0.143 e. The minimum atomic E-state index is 0.905. The summed E-state index contributed by atoms with van der Waals surface area (Å²) in [6.45, 7) is 0. The molecule has 0 aliphatic rings. The molecule has 262 valence electrons. The van der Waals surface area contributed by atoms with Gasteiger partial charge in [-0.1, -0.05) is 164 Å². The van der Waals surface area contributed by atoms with Crippen molar-refractivity contribution in [3.63, 3.8) is 0 Å². The van der Waals surface area contributed by atoms with E-state index < -0.39 is 0 Å². The maximum atomic E-state index is 6.52. The molecule has 0 aliphatic heterocycles. The molecule has 2 heterocycles. The molecule has 0 bridgehead atoms. The molecule has 0 saturated carbocycles. The van der Waals surface area contributed by atoms with Crippen molar-refractivity contribution >= 4 is 43.7 Å². The standard InChI is InChI=1S/C54H35NO/c1-4-15-36(16-5-1)41-31-42(37-17-6-2-7-18-37)33-43(32-41)39-28-30-51(49(34-39)38-19-8-3-9-20-38)55-50-25-12-10-21-45(50)46-29-27-40(35-52(46)55)44-23-14-24-48-47-22-11-13-26-53(47)56-54(44)48/h1-35H. The molecule has 2 aromatic heterocycles. The van der Waals surface area contributed by atoms with Crippen LogP contribution in [0, 0.1) is 0 Å². The van der Waals surface area contributed by atoms with Gasteiger partial charge in [-0.25, -0.2) is 0 Å². The molecule has 0 N–H and O–H groups in total. The minimum Gasteiger partial charge on any atom is -0.455 e. The molecule has 0 spiro atoms. The number of aromatic nitrogens is 1. The zero-order chi connectivity index (χ0) is 37.0. The van der Waals surface area contributed by atoms with Crippen molar-refractivity contribution in [3.05, 3.63) is 212 Å². The Hall–Kier alpha value is -7.42. The molecule has 2 nitrogen and oxygen atoms in total.